The molecule has 0 radical (unpaired) electrons. The number of ether oxygens (including phenoxy) is 1. The normalized spacial score (nSPS) is 11.0. The summed E-state index contributed by atoms with van der Waals surface area (Å²) in [6, 6.07) is 12.0. The summed E-state index contributed by atoms with van der Waals surface area (Å²) in [5, 5.41) is 3.00. The Bertz CT molecular complexity index is 931. The molecule has 0 saturated carbocycles. The summed E-state index contributed by atoms with van der Waals surface area (Å²) < 4.78 is 31.6. The number of esters is 1. The van der Waals surface area contributed by atoms with Gasteiger partial charge < -0.3 is 10.1 Å². The van der Waals surface area contributed by atoms with Gasteiger partial charge in [-0.1, -0.05) is 30.7 Å². The van der Waals surface area contributed by atoms with Gasteiger partial charge in [0.15, 0.2) is 6.61 Å². The zero-order valence-electron chi connectivity index (χ0n) is 14.6. The quantitative estimate of drug-likeness (QED) is 0.651. The van der Waals surface area contributed by atoms with Crippen LogP contribution in [0.25, 0.3) is 0 Å². The fraction of sp³-hybridized carbons (Fsp3) is 0.222. The van der Waals surface area contributed by atoms with Gasteiger partial charge in [0.05, 0.1) is 10.5 Å². The first-order valence-electron chi connectivity index (χ1n) is 8.14. The fourth-order valence-electron chi connectivity index (χ4n) is 2.09. The first kappa shape index (κ1) is 20.9. The van der Waals surface area contributed by atoms with Gasteiger partial charge in [0.25, 0.3) is 5.91 Å². The van der Waals surface area contributed by atoms with Crippen molar-refractivity contribution in [3.8, 4) is 0 Å². The lowest BCUT2D eigenvalue weighted by Gasteiger charge is -2.09. The van der Waals surface area contributed by atoms with Crippen molar-refractivity contribution in [3.63, 3.8) is 0 Å². The minimum atomic E-state index is -3.70. The van der Waals surface area contributed by atoms with E-state index in [1.807, 2.05) is 6.92 Å². The van der Waals surface area contributed by atoms with E-state index in [9.17, 15) is 18.0 Å². The van der Waals surface area contributed by atoms with Gasteiger partial charge in [-0.2, -0.15) is 0 Å². The molecule has 0 aromatic heterocycles. The topological polar surface area (TPSA) is 102 Å². The third kappa shape index (κ3) is 6.35. The zero-order valence-corrected chi connectivity index (χ0v) is 16.1. The van der Waals surface area contributed by atoms with Gasteiger partial charge in [-0.3, -0.25) is 4.79 Å². The number of sulfonamides is 1. The van der Waals surface area contributed by atoms with E-state index in [0.717, 1.165) is 0 Å². The van der Waals surface area contributed by atoms with Crippen molar-refractivity contribution in [2.75, 3.05) is 18.5 Å². The van der Waals surface area contributed by atoms with Crippen LogP contribution >= 0.6 is 11.6 Å². The number of rotatable bonds is 8. The maximum absolute atomic E-state index is 12.1. The molecule has 0 aliphatic rings. The first-order chi connectivity index (χ1) is 12.8. The van der Waals surface area contributed by atoms with Crippen molar-refractivity contribution in [1.29, 1.82) is 0 Å². The molecule has 0 aliphatic heterocycles. The second kappa shape index (κ2) is 9.50. The molecule has 0 fully saturated rings. The summed E-state index contributed by atoms with van der Waals surface area (Å²) in [6.45, 7) is 1.61. The highest BCUT2D eigenvalue weighted by Crippen LogP contribution is 2.15. The second-order valence-electron chi connectivity index (χ2n) is 5.56. The third-order valence-corrected chi connectivity index (χ3v) is 5.06. The van der Waals surface area contributed by atoms with Crippen molar-refractivity contribution >= 4 is 39.2 Å². The highest BCUT2D eigenvalue weighted by atomic mass is 35.5. The number of nitrogens with one attached hydrogen (secondary N) is 2. The molecule has 0 unspecified atom stereocenters. The Morgan fingerprint density at radius 3 is 2.56 bits per heavy atom. The highest BCUT2D eigenvalue weighted by Gasteiger charge is 2.17. The van der Waals surface area contributed by atoms with Gasteiger partial charge >= 0.3 is 5.97 Å². The van der Waals surface area contributed by atoms with Crippen LogP contribution in [-0.2, 0) is 19.6 Å². The van der Waals surface area contributed by atoms with Gasteiger partial charge in [-0.15, -0.1) is 0 Å². The summed E-state index contributed by atoms with van der Waals surface area (Å²) in [6.07, 6.45) is 0.642. The van der Waals surface area contributed by atoms with E-state index in [4.69, 9.17) is 16.3 Å². The summed E-state index contributed by atoms with van der Waals surface area (Å²) >= 11 is 5.83. The average molecular weight is 411 g/mol. The van der Waals surface area contributed by atoms with Crippen molar-refractivity contribution in [2.45, 2.75) is 18.2 Å². The predicted octanol–water partition coefficient (Wildman–Crippen LogP) is 2.82. The Hall–Kier alpha value is -2.42. The molecule has 27 heavy (non-hydrogen) atoms. The van der Waals surface area contributed by atoms with Gasteiger partial charge in [0.2, 0.25) is 10.0 Å². The van der Waals surface area contributed by atoms with Gasteiger partial charge in [-0.05, 0) is 42.8 Å². The number of hydrogen-bond donors (Lipinski definition) is 2. The summed E-state index contributed by atoms with van der Waals surface area (Å²) in [5.74, 6) is -1.34. The third-order valence-electron chi connectivity index (χ3n) is 3.36. The van der Waals surface area contributed by atoms with Crippen LogP contribution in [0.1, 0.15) is 23.7 Å². The van der Waals surface area contributed by atoms with E-state index in [2.05, 4.69) is 10.0 Å². The van der Waals surface area contributed by atoms with E-state index in [1.54, 1.807) is 24.3 Å². The Morgan fingerprint density at radius 2 is 1.85 bits per heavy atom. The Morgan fingerprint density at radius 1 is 1.11 bits per heavy atom. The standard InChI is InChI=1S/C18H19ClN2O5S/c1-2-9-20-27(24,25)16-8-3-5-13(10-16)18(23)26-12-17(22)21-15-7-4-6-14(19)11-15/h3-8,10-11,20H,2,9,12H2,1H3,(H,21,22). The van der Waals surface area contributed by atoms with Crippen LogP contribution in [-0.4, -0.2) is 33.4 Å². The largest absolute Gasteiger partial charge is 0.452 e. The number of anilines is 1. The molecular formula is C18H19ClN2O5S. The molecule has 2 rings (SSSR count). The second-order valence-corrected chi connectivity index (χ2v) is 7.76. The van der Waals surface area contributed by atoms with Crippen LogP contribution in [0.3, 0.4) is 0 Å². The molecule has 2 aromatic rings. The summed E-state index contributed by atoms with van der Waals surface area (Å²) in [4.78, 5) is 23.9. The van der Waals surface area contributed by atoms with Crippen molar-refractivity contribution in [1.82, 2.24) is 4.72 Å². The maximum atomic E-state index is 12.1. The van der Waals surface area contributed by atoms with Crippen molar-refractivity contribution < 1.29 is 22.7 Å². The van der Waals surface area contributed by atoms with Crippen LogP contribution in [0.5, 0.6) is 0 Å². The molecule has 0 bridgehead atoms. The molecule has 7 nitrogen and oxygen atoms in total. The van der Waals surface area contributed by atoms with Crippen LogP contribution in [0, 0.1) is 0 Å². The number of halogens is 1. The fourth-order valence-corrected chi connectivity index (χ4v) is 3.46. The molecule has 2 aromatic carbocycles. The van der Waals surface area contributed by atoms with E-state index >= 15 is 0 Å². The van der Waals surface area contributed by atoms with Crippen LogP contribution < -0.4 is 10.0 Å². The number of carbonyl (C=O) groups is 2. The molecule has 1 amide bonds. The summed E-state index contributed by atoms with van der Waals surface area (Å²) in [7, 11) is -3.70. The smallest absolute Gasteiger partial charge is 0.338 e. The lowest BCUT2D eigenvalue weighted by Crippen LogP contribution is -2.25. The molecule has 0 aliphatic carbocycles. The Labute approximate surface area is 162 Å². The monoisotopic (exact) mass is 410 g/mol. The van der Waals surface area contributed by atoms with E-state index < -0.39 is 28.5 Å². The minimum absolute atomic E-state index is 0.0323. The first-order valence-corrected chi connectivity index (χ1v) is 10.00. The van der Waals surface area contributed by atoms with Crippen LogP contribution in [0.4, 0.5) is 5.69 Å². The lowest BCUT2D eigenvalue weighted by molar-refractivity contribution is -0.119. The minimum Gasteiger partial charge on any atom is -0.452 e. The van der Waals surface area contributed by atoms with Crippen molar-refractivity contribution in [2.24, 2.45) is 0 Å². The Kier molecular flexibility index (Phi) is 7.35. The van der Waals surface area contributed by atoms with Crippen molar-refractivity contribution in [3.05, 3.63) is 59.1 Å². The molecule has 0 atom stereocenters. The number of hydrogen-bond acceptors (Lipinski definition) is 5. The average Bonchev–Trinajstić information content (AvgIpc) is 2.64. The molecule has 9 heteroatoms. The number of amides is 1. The molecule has 144 valence electrons. The Balaban J connectivity index is 1.98. The SMILES string of the molecule is CCCNS(=O)(=O)c1cccc(C(=O)OCC(=O)Nc2cccc(Cl)c2)c1. The molecule has 0 saturated heterocycles. The lowest BCUT2D eigenvalue weighted by atomic mass is 10.2. The van der Waals surface area contributed by atoms with Crippen LogP contribution in [0.2, 0.25) is 5.02 Å². The van der Waals surface area contributed by atoms with E-state index in [1.165, 1.54) is 24.3 Å². The zero-order chi connectivity index (χ0) is 19.9. The van der Waals surface area contributed by atoms with Crippen LogP contribution in [0.15, 0.2) is 53.4 Å². The highest BCUT2D eigenvalue weighted by molar-refractivity contribution is 7.89. The van der Waals surface area contributed by atoms with Gasteiger partial charge in [-0.25, -0.2) is 17.9 Å². The molecule has 0 heterocycles. The predicted molar refractivity (Wildman–Crippen MR) is 102 cm³/mol. The summed E-state index contributed by atoms with van der Waals surface area (Å²) in [5.41, 5.74) is 0.503. The van der Waals surface area contributed by atoms with E-state index in [0.29, 0.717) is 23.7 Å². The van der Waals surface area contributed by atoms with Gasteiger partial charge in [0.1, 0.15) is 0 Å². The van der Waals surface area contributed by atoms with Gasteiger partial charge in [0, 0.05) is 17.3 Å². The number of carbonyl (C=O) groups excluding carboxylic acids is 2. The molecule has 0 spiro atoms. The molecular weight excluding hydrogens is 392 g/mol. The maximum Gasteiger partial charge on any atom is 0.338 e. The van der Waals surface area contributed by atoms with E-state index in [-0.39, 0.29) is 10.5 Å². The molecule has 2 N–H and O–H groups in total. The number of benzene rings is 2.